The zero-order valence-electron chi connectivity index (χ0n) is 20.2. The number of aryl methyl sites for hydroxylation is 1. The maximum absolute atomic E-state index is 11.3. The van der Waals surface area contributed by atoms with Crippen LogP contribution in [0.2, 0.25) is 0 Å². The van der Waals surface area contributed by atoms with Gasteiger partial charge >= 0.3 is 37.7 Å². The second-order valence-corrected chi connectivity index (χ2v) is 9.90. The van der Waals surface area contributed by atoms with E-state index in [2.05, 4.69) is 13.8 Å². The zero-order valence-corrected chi connectivity index (χ0v) is 21.0. The van der Waals surface area contributed by atoms with Crippen molar-refractivity contribution in [2.45, 2.75) is 128 Å². The number of unbranched alkanes of at least 4 members (excludes halogenated alkanes) is 14. The predicted octanol–water partition coefficient (Wildman–Crippen LogP) is 6.82. The summed E-state index contributed by atoms with van der Waals surface area (Å²) < 4.78 is 31.8. The number of hydrogen-bond donors (Lipinski definition) is 2. The van der Waals surface area contributed by atoms with Gasteiger partial charge in [-0.25, -0.2) is 0 Å². The summed E-state index contributed by atoms with van der Waals surface area (Å²) in [4.78, 5) is 0.0610. The van der Waals surface area contributed by atoms with Gasteiger partial charge in [-0.15, -0.1) is 0 Å². The van der Waals surface area contributed by atoms with E-state index in [4.69, 9.17) is 5.11 Å². The SMILES string of the molecule is CCCCCCCCCCCCc1ccccc1S(=O)(=O)O.CCCCCCCCO.[CaH2]. The molecule has 0 aliphatic carbocycles. The van der Waals surface area contributed by atoms with Crippen LogP contribution in [0.25, 0.3) is 0 Å². The van der Waals surface area contributed by atoms with Crippen LogP contribution >= 0.6 is 0 Å². The Morgan fingerprint density at radius 2 is 1.06 bits per heavy atom. The molecular formula is C26H50CaO4S. The summed E-state index contributed by atoms with van der Waals surface area (Å²) in [6.07, 6.45) is 20.8. The summed E-state index contributed by atoms with van der Waals surface area (Å²) in [6.45, 7) is 4.82. The molecule has 0 atom stereocenters. The maximum atomic E-state index is 11.3. The fourth-order valence-electron chi connectivity index (χ4n) is 3.66. The number of benzene rings is 1. The Labute approximate surface area is 228 Å². The number of aliphatic hydroxyl groups excluding tert-OH is 1. The summed E-state index contributed by atoms with van der Waals surface area (Å²) in [6, 6.07) is 6.73. The van der Waals surface area contributed by atoms with Gasteiger partial charge in [-0.05, 0) is 30.9 Å². The molecule has 1 aromatic rings. The van der Waals surface area contributed by atoms with Crippen LogP contribution in [0.1, 0.15) is 122 Å². The molecular weight excluding hydrogens is 448 g/mol. The third-order valence-corrected chi connectivity index (χ3v) is 6.52. The van der Waals surface area contributed by atoms with Crippen molar-refractivity contribution in [1.29, 1.82) is 0 Å². The number of aliphatic hydroxyl groups is 1. The van der Waals surface area contributed by atoms with Crippen molar-refractivity contribution in [1.82, 2.24) is 0 Å². The van der Waals surface area contributed by atoms with Gasteiger partial charge in [-0.3, -0.25) is 4.55 Å². The average molecular weight is 499 g/mol. The minimum absolute atomic E-state index is 0. The van der Waals surface area contributed by atoms with E-state index in [0.717, 1.165) is 24.8 Å². The first-order chi connectivity index (χ1) is 15.0. The topological polar surface area (TPSA) is 74.6 Å². The third-order valence-electron chi connectivity index (χ3n) is 5.56. The van der Waals surface area contributed by atoms with Gasteiger partial charge in [-0.2, -0.15) is 8.42 Å². The van der Waals surface area contributed by atoms with Gasteiger partial charge in [-0.1, -0.05) is 122 Å². The number of rotatable bonds is 18. The molecule has 0 aliphatic rings. The Kier molecular flexibility index (Phi) is 26.4. The summed E-state index contributed by atoms with van der Waals surface area (Å²) in [5.74, 6) is 0. The molecule has 0 aromatic heterocycles. The molecule has 0 fully saturated rings. The molecule has 0 aliphatic heterocycles. The molecule has 0 radical (unpaired) electrons. The Bertz CT molecular complexity index is 614. The quantitative estimate of drug-likeness (QED) is 0.132. The molecule has 0 heterocycles. The van der Waals surface area contributed by atoms with E-state index in [-0.39, 0.29) is 42.6 Å². The Hall–Kier alpha value is 0.350. The van der Waals surface area contributed by atoms with Crippen LogP contribution in [0.15, 0.2) is 29.2 Å². The normalized spacial score (nSPS) is 10.9. The van der Waals surface area contributed by atoms with Crippen LogP contribution < -0.4 is 0 Å². The van der Waals surface area contributed by atoms with Gasteiger partial charge in [0, 0.05) is 6.61 Å². The molecule has 0 saturated heterocycles. The molecule has 0 bridgehead atoms. The first-order valence-electron chi connectivity index (χ1n) is 12.6. The first-order valence-corrected chi connectivity index (χ1v) is 14.1. The fourth-order valence-corrected chi connectivity index (χ4v) is 4.41. The van der Waals surface area contributed by atoms with E-state index in [1.807, 2.05) is 6.07 Å². The molecule has 32 heavy (non-hydrogen) atoms. The monoisotopic (exact) mass is 498 g/mol. The van der Waals surface area contributed by atoms with Crippen molar-refractivity contribution in [3.63, 3.8) is 0 Å². The molecule has 4 nitrogen and oxygen atoms in total. The zero-order chi connectivity index (χ0) is 23.2. The molecule has 0 amide bonds. The van der Waals surface area contributed by atoms with Crippen LogP contribution in [-0.4, -0.2) is 62.4 Å². The third kappa shape index (κ3) is 20.9. The standard InChI is InChI=1S/C18H30O3S.C8H18O.Ca.2H/c1-2-3-4-5-6-7-8-9-10-11-14-17-15-12-13-16-18(17)22(19,20)21;1-2-3-4-5-6-7-8-9;;;/h12-13,15-16H,2-11,14H2,1H3,(H,19,20,21);9H,2-8H2,1H3;;;. The Morgan fingerprint density at radius 3 is 1.50 bits per heavy atom. The molecule has 6 heteroatoms. The van der Waals surface area contributed by atoms with Gasteiger partial charge in [0.05, 0.1) is 4.90 Å². The van der Waals surface area contributed by atoms with Crippen LogP contribution in [0.4, 0.5) is 0 Å². The van der Waals surface area contributed by atoms with E-state index in [1.165, 1.54) is 89.5 Å². The Morgan fingerprint density at radius 1 is 0.656 bits per heavy atom. The molecule has 0 spiro atoms. The number of hydrogen-bond acceptors (Lipinski definition) is 3. The van der Waals surface area contributed by atoms with Gasteiger partial charge in [0.15, 0.2) is 0 Å². The van der Waals surface area contributed by atoms with Crippen molar-refractivity contribution in [3.8, 4) is 0 Å². The first kappa shape index (κ1) is 34.5. The average Bonchev–Trinajstić information content (AvgIpc) is 2.75. The Balaban J connectivity index is 0. The van der Waals surface area contributed by atoms with Crippen molar-refractivity contribution in [2.75, 3.05) is 6.61 Å². The second-order valence-electron chi connectivity index (χ2n) is 8.51. The van der Waals surface area contributed by atoms with Gasteiger partial charge in [0.25, 0.3) is 10.1 Å². The van der Waals surface area contributed by atoms with E-state index in [9.17, 15) is 13.0 Å². The fraction of sp³-hybridized carbons (Fsp3) is 0.769. The molecule has 0 unspecified atom stereocenters. The van der Waals surface area contributed by atoms with Gasteiger partial charge < -0.3 is 5.11 Å². The van der Waals surface area contributed by atoms with Crippen LogP contribution in [0.3, 0.4) is 0 Å². The second kappa shape index (κ2) is 24.5. The van der Waals surface area contributed by atoms with Crippen molar-refractivity contribution in [2.24, 2.45) is 0 Å². The molecule has 1 rings (SSSR count). The van der Waals surface area contributed by atoms with E-state index in [1.54, 1.807) is 12.1 Å². The van der Waals surface area contributed by atoms with E-state index >= 15 is 0 Å². The minimum atomic E-state index is -4.10. The summed E-state index contributed by atoms with van der Waals surface area (Å²) >= 11 is 0. The molecule has 186 valence electrons. The van der Waals surface area contributed by atoms with Crippen molar-refractivity contribution >= 4 is 47.9 Å². The van der Waals surface area contributed by atoms with E-state index in [0.29, 0.717) is 13.0 Å². The van der Waals surface area contributed by atoms with Crippen LogP contribution in [-0.2, 0) is 16.5 Å². The van der Waals surface area contributed by atoms with Crippen LogP contribution in [0, 0.1) is 0 Å². The summed E-state index contributed by atoms with van der Waals surface area (Å²) in [5, 5.41) is 8.42. The van der Waals surface area contributed by atoms with Crippen molar-refractivity contribution in [3.05, 3.63) is 29.8 Å². The summed E-state index contributed by atoms with van der Waals surface area (Å²) in [5.41, 5.74) is 0.726. The van der Waals surface area contributed by atoms with Gasteiger partial charge in [0.2, 0.25) is 0 Å². The molecule has 0 saturated carbocycles. The molecule has 1 aromatic carbocycles. The van der Waals surface area contributed by atoms with Crippen molar-refractivity contribution < 1.29 is 18.1 Å². The summed E-state index contributed by atoms with van der Waals surface area (Å²) in [7, 11) is -4.10. The predicted molar refractivity (Wildman–Crippen MR) is 141 cm³/mol. The van der Waals surface area contributed by atoms with Gasteiger partial charge in [0.1, 0.15) is 0 Å². The van der Waals surface area contributed by atoms with Crippen LogP contribution in [0.5, 0.6) is 0 Å². The molecule has 2 N–H and O–H groups in total. The van der Waals surface area contributed by atoms with E-state index < -0.39 is 10.1 Å².